The van der Waals surface area contributed by atoms with Gasteiger partial charge in [0.2, 0.25) is 17.7 Å². The molecule has 5 heterocycles. The van der Waals surface area contributed by atoms with Crippen LogP contribution in [-0.4, -0.2) is 134 Å². The summed E-state index contributed by atoms with van der Waals surface area (Å²) >= 11 is 2.18. The van der Waals surface area contributed by atoms with E-state index < -0.39 is 83.4 Å². The van der Waals surface area contributed by atoms with Crippen LogP contribution in [0, 0.1) is 15.4 Å². The zero-order valence-electron chi connectivity index (χ0n) is 44.3. The number of carbonyl (C=O) groups excluding carboxylic acids is 6. The Kier molecular flexibility index (Phi) is 16.3. The number of esters is 3. The molecule has 10 atom stereocenters. The zero-order valence-corrected chi connectivity index (χ0v) is 46.5. The summed E-state index contributed by atoms with van der Waals surface area (Å²) in [4.78, 5) is 91.0. The van der Waals surface area contributed by atoms with E-state index in [-0.39, 0.29) is 51.3 Å². The maximum atomic E-state index is 15.3. The monoisotopic (exact) mass is 1190 g/mol. The summed E-state index contributed by atoms with van der Waals surface area (Å²) in [7, 11) is 6.32. The third-order valence-electron chi connectivity index (χ3n) is 15.8. The number of aliphatic hydroxyl groups is 1. The first-order valence-corrected chi connectivity index (χ1v) is 27.8. The highest BCUT2D eigenvalue weighted by molar-refractivity contribution is 14.1. The molecule has 5 aliphatic rings. The number of quaternary nitrogens is 1. The second-order valence-electron chi connectivity index (χ2n) is 21.7. The van der Waals surface area contributed by atoms with Gasteiger partial charge in [0.1, 0.15) is 73.5 Å². The number of halogens is 1. The molecule has 0 bridgehead atoms. The van der Waals surface area contributed by atoms with Crippen molar-refractivity contribution in [2.24, 2.45) is 11.8 Å². The normalized spacial score (nSPS) is 26.1. The van der Waals surface area contributed by atoms with Crippen molar-refractivity contribution in [2.45, 2.75) is 73.5 Å². The summed E-state index contributed by atoms with van der Waals surface area (Å²) in [6.07, 6.45) is 2.69. The molecular weight excluding hydrogens is 1120 g/mol. The summed E-state index contributed by atoms with van der Waals surface area (Å²) in [5.41, 5.74) is 2.06. The molecule has 0 aliphatic carbocycles. The molecule has 1 spiro atoms. The van der Waals surface area contributed by atoms with Crippen molar-refractivity contribution in [1.82, 2.24) is 15.1 Å². The van der Waals surface area contributed by atoms with Crippen LogP contribution >= 0.6 is 22.6 Å². The van der Waals surface area contributed by atoms with Crippen LogP contribution in [0.25, 0.3) is 0 Å². The number of unbranched alkanes of at least 4 members (excludes halogenated alkanes) is 1. The van der Waals surface area contributed by atoms with Crippen molar-refractivity contribution in [3.05, 3.63) is 171 Å². The maximum Gasteiger partial charge on any atom is 0.325 e. The first-order valence-electron chi connectivity index (χ1n) is 26.8. The van der Waals surface area contributed by atoms with Crippen molar-refractivity contribution in [3.63, 3.8) is 0 Å². The minimum atomic E-state index is -1.72. The number of rotatable bonds is 20. The second kappa shape index (κ2) is 23.3. The number of amides is 3. The molecule has 79 heavy (non-hydrogen) atoms. The first kappa shape index (κ1) is 55.2. The molecule has 4 fully saturated rings. The fraction of sp³-hybridized carbons (Fsp3) is 0.377. The lowest BCUT2D eigenvalue weighted by atomic mass is 9.65. The molecule has 3 N–H and O–H groups in total. The molecule has 3 amide bonds. The molecule has 4 saturated heterocycles. The molecule has 5 aromatic carbocycles. The van der Waals surface area contributed by atoms with E-state index in [9.17, 15) is 29.1 Å². The number of fused-ring (bicyclic) bond motifs is 4. The van der Waals surface area contributed by atoms with Crippen LogP contribution < -0.4 is 20.1 Å². The minimum absolute atomic E-state index is 0.0449. The number of piperazine rings is 1. The summed E-state index contributed by atoms with van der Waals surface area (Å²) in [6.45, 7) is 4.11. The van der Waals surface area contributed by atoms with E-state index >= 15 is 4.79 Å². The van der Waals surface area contributed by atoms with Crippen LogP contribution in [-0.2, 0) is 48.4 Å². The van der Waals surface area contributed by atoms with Gasteiger partial charge in [-0.05, 0) is 119 Å². The van der Waals surface area contributed by atoms with E-state index in [1.165, 1.54) is 6.08 Å². The van der Waals surface area contributed by atoms with Crippen LogP contribution in [0.1, 0.15) is 77.7 Å². The van der Waals surface area contributed by atoms with Gasteiger partial charge in [-0.2, -0.15) is 0 Å². The fourth-order valence-electron chi connectivity index (χ4n) is 12.5. The number of carbonyl (C=O) groups is 6. The lowest BCUT2D eigenvalue weighted by Crippen LogP contribution is -2.61. The van der Waals surface area contributed by atoms with Gasteiger partial charge in [0.25, 0.3) is 0 Å². The van der Waals surface area contributed by atoms with Gasteiger partial charge in [-0.25, -0.2) is 0 Å². The number of anilines is 1. The number of morpholine rings is 1. The second-order valence-corrected chi connectivity index (χ2v) is 22.9. The maximum absolute atomic E-state index is 15.3. The van der Waals surface area contributed by atoms with E-state index in [2.05, 4.69) is 60.9 Å². The van der Waals surface area contributed by atoms with Crippen molar-refractivity contribution in [2.75, 3.05) is 66.0 Å². The van der Waals surface area contributed by atoms with Gasteiger partial charge in [0.05, 0.1) is 58.3 Å². The van der Waals surface area contributed by atoms with Crippen LogP contribution in [0.5, 0.6) is 11.5 Å². The van der Waals surface area contributed by atoms with E-state index in [4.69, 9.17) is 23.7 Å². The lowest BCUT2D eigenvalue weighted by Gasteiger charge is -2.46. The zero-order chi connectivity index (χ0) is 55.6. The number of nitrogens with zero attached hydrogens (tertiary/aromatic N) is 3. The van der Waals surface area contributed by atoms with Crippen LogP contribution in [0.2, 0.25) is 0 Å². The predicted molar refractivity (Wildman–Crippen MR) is 299 cm³/mol. The highest BCUT2D eigenvalue weighted by Crippen LogP contribution is 2.65. The minimum Gasteiger partial charge on any atom is -0.491 e. The Balaban J connectivity index is 0.934. The number of aliphatic hydroxyl groups excluding tert-OH is 1. The molecule has 0 unspecified atom stereocenters. The van der Waals surface area contributed by atoms with E-state index in [1.807, 2.05) is 89.8 Å². The topological polar surface area (TPSA) is 199 Å². The van der Waals surface area contributed by atoms with Crippen molar-refractivity contribution in [3.8, 4) is 11.5 Å². The Labute approximate surface area is 472 Å². The molecule has 17 nitrogen and oxygen atoms in total. The number of cyclic esters (lactones) is 1. The van der Waals surface area contributed by atoms with Crippen LogP contribution in [0.3, 0.4) is 0 Å². The molecule has 0 radical (unpaired) electrons. The third kappa shape index (κ3) is 10.7. The number of ether oxygens (including phenoxy) is 5. The van der Waals surface area contributed by atoms with Gasteiger partial charge in [-0.1, -0.05) is 97.6 Å². The predicted octanol–water partition coefficient (Wildman–Crippen LogP) is 6.92. The molecule has 18 heteroatoms. The Hall–Kier alpha value is -7.13. The fourth-order valence-corrected chi connectivity index (χ4v) is 13.0. The third-order valence-corrected chi connectivity index (χ3v) is 16.4. The SMILES string of the molecule is C=CCOC(=O)[C@H]1[C@@H]2C(=O)O[C@@H](c3ccccc3)[C@@H](c3ccccc3)N2[C@@H](c2ccc(OCCOC(=O)[C@@H]3C[C@@H]4C(=O)N[C@@H](CCCC[N+](C)(C)C)C(=O)N4[C@@H]3c3cccc(OCCO)c3)cc2)[C@]12C(=O)Nc1ccc(I)cc12. The van der Waals surface area contributed by atoms with E-state index in [0.29, 0.717) is 40.3 Å². The van der Waals surface area contributed by atoms with Gasteiger partial charge < -0.3 is 48.8 Å². The summed E-state index contributed by atoms with van der Waals surface area (Å²) < 4.78 is 31.8. The Morgan fingerprint density at radius 2 is 1.48 bits per heavy atom. The van der Waals surface area contributed by atoms with Crippen molar-refractivity contribution >= 4 is 63.9 Å². The smallest absolute Gasteiger partial charge is 0.325 e. The van der Waals surface area contributed by atoms with Gasteiger partial charge in [-0.3, -0.25) is 33.7 Å². The largest absolute Gasteiger partial charge is 0.491 e. The Morgan fingerprint density at radius 1 is 0.772 bits per heavy atom. The number of nitrogens with one attached hydrogen (secondary N) is 2. The molecule has 5 aliphatic heterocycles. The Bertz CT molecular complexity index is 3100. The molecule has 5 aromatic rings. The number of hydrogen-bond donors (Lipinski definition) is 3. The van der Waals surface area contributed by atoms with Gasteiger partial charge >= 0.3 is 17.9 Å². The molecular formula is C61H65IN5O12+. The van der Waals surface area contributed by atoms with Crippen LogP contribution in [0.4, 0.5) is 5.69 Å². The van der Waals surface area contributed by atoms with Gasteiger partial charge in [0.15, 0.2) is 0 Å². The lowest BCUT2D eigenvalue weighted by molar-refractivity contribution is -0.870. The summed E-state index contributed by atoms with van der Waals surface area (Å²) in [5.74, 6) is -4.52. The first-order chi connectivity index (χ1) is 38.1. The highest BCUT2D eigenvalue weighted by atomic mass is 127. The van der Waals surface area contributed by atoms with Crippen molar-refractivity contribution in [1.29, 1.82) is 0 Å². The average molecular weight is 1190 g/mol. The number of hydrogen-bond acceptors (Lipinski definition) is 13. The molecule has 10 rings (SSSR count). The Morgan fingerprint density at radius 3 is 2.19 bits per heavy atom. The highest BCUT2D eigenvalue weighted by Gasteiger charge is 2.74. The van der Waals surface area contributed by atoms with Crippen molar-refractivity contribution < 1.29 is 62.0 Å². The van der Waals surface area contributed by atoms with Gasteiger partial charge in [-0.15, -0.1) is 0 Å². The quantitative estimate of drug-likeness (QED) is 0.0182. The molecule has 412 valence electrons. The molecule has 0 saturated carbocycles. The average Bonchev–Trinajstić information content (AvgIpc) is 2.85. The summed E-state index contributed by atoms with van der Waals surface area (Å²) in [6, 6.07) is 33.3. The standard InChI is InChI=1S/C61H64IN5O12/c1-5-30-77-58(72)49-52-59(73)79-53(38-17-10-7-11-18-38)51(37-15-8-6-9-16-37)66(52)54(61(49)45-35-41(62)24-27-46(45)64-60(61)74)39-22-25-42(26-23-39)76-32-33-78-57(71)44-36-48-55(69)63-47(21-12-13-28-67(2,3)4)56(70)65(48)50(44)40-19-14-20-43(34-40)75-31-29-68/h5-11,14-20,22-27,34-35,44,47-54,68H,1,12-13,21,28-33,36H2,2-4H3,(H-,63,64,69,74)/p+1/t44-,47+,48-,49-,50-,51-,52-,53+,54+,61-/m1/s1. The number of benzene rings is 5. The van der Waals surface area contributed by atoms with E-state index in [1.54, 1.807) is 47.4 Å². The summed E-state index contributed by atoms with van der Waals surface area (Å²) in [5, 5.41) is 15.5. The molecule has 0 aromatic heterocycles. The van der Waals surface area contributed by atoms with Gasteiger partial charge in [0, 0.05) is 9.26 Å². The van der Waals surface area contributed by atoms with E-state index in [0.717, 1.165) is 38.6 Å². The van der Waals surface area contributed by atoms with Crippen LogP contribution in [0.15, 0.2) is 140 Å².